The molecule has 0 aliphatic heterocycles. The zero-order valence-corrected chi connectivity index (χ0v) is 12.9. The number of nitrogens with zero attached hydrogens (tertiary/aromatic N) is 2. The van der Waals surface area contributed by atoms with E-state index in [0.717, 1.165) is 0 Å². The van der Waals surface area contributed by atoms with Gasteiger partial charge in [0.25, 0.3) is 0 Å². The van der Waals surface area contributed by atoms with E-state index in [1.165, 1.54) is 16.8 Å². The second-order valence-electron chi connectivity index (χ2n) is 5.09. The first-order valence-electron chi connectivity index (χ1n) is 7.01. The highest BCUT2D eigenvalue weighted by Crippen LogP contribution is 2.12. The number of hydrogen-bond acceptors (Lipinski definition) is 6. The van der Waals surface area contributed by atoms with Crippen LogP contribution < -0.4 is 11.4 Å². The molecule has 0 aliphatic rings. The number of nitrogen functional groups attached to an aromatic ring is 1. The molecule has 0 spiro atoms. The summed E-state index contributed by atoms with van der Waals surface area (Å²) in [5.74, 6) is -0.277. The predicted molar refractivity (Wildman–Crippen MR) is 78.6 cm³/mol. The summed E-state index contributed by atoms with van der Waals surface area (Å²) in [5, 5.41) is 0. The van der Waals surface area contributed by atoms with Crippen molar-refractivity contribution < 1.29 is 14.3 Å². The Morgan fingerprint density at radius 2 is 2.10 bits per heavy atom. The predicted octanol–water partition coefficient (Wildman–Crippen LogP) is 1.34. The van der Waals surface area contributed by atoms with Gasteiger partial charge in [-0.1, -0.05) is 20.8 Å². The zero-order chi connectivity index (χ0) is 16.0. The van der Waals surface area contributed by atoms with E-state index in [1.807, 2.05) is 6.92 Å². The zero-order valence-electron chi connectivity index (χ0n) is 12.9. The standard InChI is InChI=1S/C14H23N3O4/c1-5-11(8-20-13(18)9(2)3)21-10(4)17-7-6-12(15)16-14(17)19/h6-7,9-11H,5,8H2,1-4H3,(H2,15,16,19)/t10-,11?/m1/s1. The van der Waals surface area contributed by atoms with Gasteiger partial charge in [-0.05, 0) is 19.4 Å². The molecule has 1 aromatic heterocycles. The van der Waals surface area contributed by atoms with Crippen molar-refractivity contribution in [1.82, 2.24) is 9.55 Å². The molecule has 0 radical (unpaired) electrons. The molecule has 2 atom stereocenters. The van der Waals surface area contributed by atoms with Gasteiger partial charge in [-0.2, -0.15) is 4.98 Å². The Kier molecular flexibility index (Phi) is 6.36. The molecule has 118 valence electrons. The van der Waals surface area contributed by atoms with Crippen molar-refractivity contribution in [3.63, 3.8) is 0 Å². The van der Waals surface area contributed by atoms with Gasteiger partial charge >= 0.3 is 11.7 Å². The minimum atomic E-state index is -0.520. The Morgan fingerprint density at radius 1 is 1.43 bits per heavy atom. The van der Waals surface area contributed by atoms with Crippen LogP contribution in [-0.4, -0.2) is 28.2 Å². The highest BCUT2D eigenvalue weighted by molar-refractivity contribution is 5.71. The third-order valence-electron chi connectivity index (χ3n) is 2.97. The molecule has 0 fully saturated rings. The van der Waals surface area contributed by atoms with Crippen molar-refractivity contribution >= 4 is 11.8 Å². The number of carbonyl (C=O) groups is 1. The van der Waals surface area contributed by atoms with Crippen molar-refractivity contribution in [2.24, 2.45) is 5.92 Å². The van der Waals surface area contributed by atoms with Gasteiger partial charge in [-0.3, -0.25) is 9.36 Å². The summed E-state index contributed by atoms with van der Waals surface area (Å²) in [7, 11) is 0. The normalized spacial score (nSPS) is 14.0. The maximum atomic E-state index is 11.7. The lowest BCUT2D eigenvalue weighted by molar-refractivity contribution is -0.155. The minimum Gasteiger partial charge on any atom is -0.463 e. The fourth-order valence-electron chi connectivity index (χ4n) is 1.64. The number of hydrogen-bond donors (Lipinski definition) is 1. The molecule has 1 rings (SSSR count). The maximum Gasteiger partial charge on any atom is 0.351 e. The molecule has 7 nitrogen and oxygen atoms in total. The van der Waals surface area contributed by atoms with Crippen molar-refractivity contribution in [1.29, 1.82) is 0 Å². The highest BCUT2D eigenvalue weighted by atomic mass is 16.6. The first-order valence-corrected chi connectivity index (χ1v) is 7.01. The fourth-order valence-corrected chi connectivity index (χ4v) is 1.64. The molecule has 7 heteroatoms. The minimum absolute atomic E-state index is 0.162. The van der Waals surface area contributed by atoms with Crippen LogP contribution in [0.3, 0.4) is 0 Å². The monoisotopic (exact) mass is 297 g/mol. The van der Waals surface area contributed by atoms with E-state index >= 15 is 0 Å². The summed E-state index contributed by atoms with van der Waals surface area (Å²) in [6.45, 7) is 7.35. The van der Waals surface area contributed by atoms with Crippen LogP contribution >= 0.6 is 0 Å². The summed E-state index contributed by atoms with van der Waals surface area (Å²) in [6.07, 6.45) is 1.38. The molecule has 21 heavy (non-hydrogen) atoms. The molecular formula is C14H23N3O4. The Morgan fingerprint density at radius 3 is 2.62 bits per heavy atom. The highest BCUT2D eigenvalue weighted by Gasteiger charge is 2.17. The largest absolute Gasteiger partial charge is 0.463 e. The van der Waals surface area contributed by atoms with E-state index in [2.05, 4.69) is 4.98 Å². The molecule has 1 heterocycles. The van der Waals surface area contributed by atoms with Crippen molar-refractivity contribution in [3.8, 4) is 0 Å². The van der Waals surface area contributed by atoms with Gasteiger partial charge in [0.05, 0.1) is 12.0 Å². The lowest BCUT2D eigenvalue weighted by Crippen LogP contribution is -2.31. The third-order valence-corrected chi connectivity index (χ3v) is 2.97. The van der Waals surface area contributed by atoms with E-state index in [1.54, 1.807) is 20.8 Å². The van der Waals surface area contributed by atoms with Crippen LogP contribution in [0.1, 0.15) is 40.3 Å². The lowest BCUT2D eigenvalue weighted by atomic mass is 10.2. The van der Waals surface area contributed by atoms with E-state index in [0.29, 0.717) is 6.42 Å². The van der Waals surface area contributed by atoms with Gasteiger partial charge in [0.1, 0.15) is 18.7 Å². The summed E-state index contributed by atoms with van der Waals surface area (Å²) in [5.41, 5.74) is 4.97. The van der Waals surface area contributed by atoms with Gasteiger partial charge in [-0.25, -0.2) is 4.79 Å². The molecule has 1 aromatic rings. The molecule has 0 saturated carbocycles. The number of aromatic nitrogens is 2. The first-order chi connectivity index (χ1) is 9.85. The number of carbonyl (C=O) groups excluding carboxylic acids is 1. The number of anilines is 1. The van der Waals surface area contributed by atoms with Crippen LogP contribution in [0.15, 0.2) is 17.1 Å². The second-order valence-corrected chi connectivity index (χ2v) is 5.09. The van der Waals surface area contributed by atoms with Crippen LogP contribution in [-0.2, 0) is 14.3 Å². The topological polar surface area (TPSA) is 96.4 Å². The Bertz CT molecular complexity index is 527. The fraction of sp³-hybridized carbons (Fsp3) is 0.643. The Hall–Kier alpha value is -1.89. The molecule has 0 bridgehead atoms. The van der Waals surface area contributed by atoms with Crippen molar-refractivity contribution in [2.45, 2.75) is 46.4 Å². The average Bonchev–Trinajstić information content (AvgIpc) is 2.42. The van der Waals surface area contributed by atoms with Gasteiger partial charge in [0.15, 0.2) is 0 Å². The van der Waals surface area contributed by atoms with Crippen LogP contribution in [0.25, 0.3) is 0 Å². The summed E-state index contributed by atoms with van der Waals surface area (Å²) >= 11 is 0. The molecule has 0 aliphatic carbocycles. The van der Waals surface area contributed by atoms with E-state index < -0.39 is 11.9 Å². The lowest BCUT2D eigenvalue weighted by Gasteiger charge is -2.22. The smallest absolute Gasteiger partial charge is 0.351 e. The summed E-state index contributed by atoms with van der Waals surface area (Å²) in [4.78, 5) is 26.8. The van der Waals surface area contributed by atoms with Gasteiger partial charge in [0.2, 0.25) is 0 Å². The van der Waals surface area contributed by atoms with Gasteiger partial charge in [-0.15, -0.1) is 0 Å². The Labute approximate surface area is 124 Å². The van der Waals surface area contributed by atoms with Crippen LogP contribution in [0, 0.1) is 5.92 Å². The molecule has 0 aromatic carbocycles. The quantitative estimate of drug-likeness (QED) is 0.763. The van der Waals surface area contributed by atoms with Gasteiger partial charge in [0, 0.05) is 6.20 Å². The van der Waals surface area contributed by atoms with E-state index in [9.17, 15) is 9.59 Å². The molecule has 0 amide bonds. The number of rotatable bonds is 7. The van der Waals surface area contributed by atoms with Crippen LogP contribution in [0.4, 0.5) is 5.82 Å². The van der Waals surface area contributed by atoms with Crippen LogP contribution in [0.2, 0.25) is 0 Å². The van der Waals surface area contributed by atoms with Crippen LogP contribution in [0.5, 0.6) is 0 Å². The van der Waals surface area contributed by atoms with Crippen molar-refractivity contribution in [2.75, 3.05) is 12.3 Å². The average molecular weight is 297 g/mol. The summed E-state index contributed by atoms with van der Waals surface area (Å²) < 4.78 is 12.2. The molecule has 1 unspecified atom stereocenters. The SMILES string of the molecule is CCC(COC(=O)C(C)C)O[C@H](C)n1ccc(N)nc1=O. The number of ether oxygens (including phenoxy) is 2. The number of esters is 1. The van der Waals surface area contributed by atoms with Crippen molar-refractivity contribution in [3.05, 3.63) is 22.7 Å². The summed E-state index contributed by atoms with van der Waals surface area (Å²) in [6, 6.07) is 1.53. The third kappa shape index (κ3) is 5.18. The molecule has 2 N–H and O–H groups in total. The molecule has 0 saturated heterocycles. The first kappa shape index (κ1) is 17.2. The number of nitrogens with two attached hydrogens (primary N) is 1. The molecular weight excluding hydrogens is 274 g/mol. The van der Waals surface area contributed by atoms with E-state index in [-0.39, 0.29) is 30.4 Å². The second kappa shape index (κ2) is 7.78. The maximum absolute atomic E-state index is 11.7. The Balaban J connectivity index is 2.64. The van der Waals surface area contributed by atoms with Gasteiger partial charge < -0.3 is 15.2 Å². The van der Waals surface area contributed by atoms with E-state index in [4.69, 9.17) is 15.2 Å².